The molecule has 4 rings (SSSR count). The molecule has 0 aliphatic carbocycles. The van der Waals surface area contributed by atoms with Crippen molar-refractivity contribution in [2.24, 2.45) is 5.92 Å². The number of likely N-dealkylation sites (tertiary alicyclic amines) is 1. The molecule has 26 heavy (non-hydrogen) atoms. The molecule has 1 aliphatic heterocycles. The molecule has 2 atom stereocenters. The molecule has 2 aromatic heterocycles. The van der Waals surface area contributed by atoms with E-state index in [-0.39, 0.29) is 12.0 Å². The Labute approximate surface area is 153 Å². The van der Waals surface area contributed by atoms with E-state index in [0.717, 1.165) is 35.1 Å². The summed E-state index contributed by atoms with van der Waals surface area (Å²) in [5.74, 6) is 2.80. The van der Waals surface area contributed by atoms with Crippen molar-refractivity contribution in [2.45, 2.75) is 32.9 Å². The van der Waals surface area contributed by atoms with Crippen LogP contribution < -0.4 is 0 Å². The van der Waals surface area contributed by atoms with Crippen molar-refractivity contribution in [1.82, 2.24) is 10.1 Å². The van der Waals surface area contributed by atoms with Gasteiger partial charge in [0.15, 0.2) is 0 Å². The number of hydrogen-bond donors (Lipinski definition) is 1. The van der Waals surface area contributed by atoms with E-state index in [1.165, 1.54) is 5.56 Å². The first-order valence-electron chi connectivity index (χ1n) is 9.05. The summed E-state index contributed by atoms with van der Waals surface area (Å²) in [6.07, 6.45) is 0.359. The van der Waals surface area contributed by atoms with Crippen molar-refractivity contribution in [3.8, 4) is 11.3 Å². The van der Waals surface area contributed by atoms with Gasteiger partial charge < -0.3 is 14.0 Å². The largest absolute Gasteiger partial charge is 0.460 e. The maximum atomic E-state index is 10.4. The van der Waals surface area contributed by atoms with Crippen LogP contribution in [0.5, 0.6) is 0 Å². The minimum atomic E-state index is -0.355. The van der Waals surface area contributed by atoms with Crippen LogP contribution in [0.1, 0.15) is 22.8 Å². The second-order valence-electron chi connectivity index (χ2n) is 7.29. The smallest absolute Gasteiger partial charge is 0.137 e. The molecular formula is C21H24N2O3. The molecule has 0 unspecified atom stereocenters. The van der Waals surface area contributed by atoms with Crippen LogP contribution in [0.25, 0.3) is 11.3 Å². The van der Waals surface area contributed by atoms with Gasteiger partial charge in [-0.05, 0) is 26.0 Å². The van der Waals surface area contributed by atoms with Crippen LogP contribution in [-0.2, 0) is 13.0 Å². The van der Waals surface area contributed by atoms with Gasteiger partial charge in [-0.3, -0.25) is 4.90 Å². The van der Waals surface area contributed by atoms with Crippen molar-refractivity contribution in [2.75, 3.05) is 13.1 Å². The van der Waals surface area contributed by atoms with Gasteiger partial charge in [0.05, 0.1) is 18.3 Å². The molecule has 1 fully saturated rings. The third-order valence-corrected chi connectivity index (χ3v) is 5.00. The Balaban J connectivity index is 1.38. The summed E-state index contributed by atoms with van der Waals surface area (Å²) in [5, 5.41) is 14.3. The summed E-state index contributed by atoms with van der Waals surface area (Å²) in [7, 11) is 0. The molecule has 1 saturated heterocycles. The first-order chi connectivity index (χ1) is 12.6. The predicted octanol–water partition coefficient (Wildman–Crippen LogP) is 3.59. The average Bonchev–Trinajstić information content (AvgIpc) is 3.31. The maximum Gasteiger partial charge on any atom is 0.137 e. The lowest BCUT2D eigenvalue weighted by Crippen LogP contribution is -2.21. The number of hydrogen-bond acceptors (Lipinski definition) is 5. The van der Waals surface area contributed by atoms with Crippen LogP contribution in [0.15, 0.2) is 51.4 Å². The third kappa shape index (κ3) is 3.74. The normalized spacial score (nSPS) is 20.7. The Hall–Kier alpha value is -2.37. The zero-order chi connectivity index (χ0) is 18.1. The number of rotatable bonds is 5. The van der Waals surface area contributed by atoms with Crippen molar-refractivity contribution in [3.63, 3.8) is 0 Å². The van der Waals surface area contributed by atoms with Gasteiger partial charge in [-0.1, -0.05) is 35.0 Å². The molecule has 0 amide bonds. The van der Waals surface area contributed by atoms with Gasteiger partial charge in [-0.15, -0.1) is 0 Å². The van der Waals surface area contributed by atoms with Crippen LogP contribution in [0.3, 0.4) is 0 Å². The van der Waals surface area contributed by atoms with Crippen LogP contribution >= 0.6 is 0 Å². The van der Waals surface area contributed by atoms with E-state index in [0.29, 0.717) is 19.5 Å². The number of β-amino-alcohol motifs (C(OH)–C–C–N with tert-alkyl or cyclic N) is 1. The number of aliphatic hydroxyl groups excluding tert-OH is 1. The van der Waals surface area contributed by atoms with E-state index in [2.05, 4.69) is 41.2 Å². The van der Waals surface area contributed by atoms with Crippen molar-refractivity contribution in [3.05, 3.63) is 65.2 Å². The van der Waals surface area contributed by atoms with Crippen molar-refractivity contribution < 1.29 is 14.0 Å². The highest BCUT2D eigenvalue weighted by atomic mass is 16.5. The van der Waals surface area contributed by atoms with E-state index in [9.17, 15) is 5.11 Å². The number of aryl methyl sites for hydroxylation is 2. The van der Waals surface area contributed by atoms with Crippen LogP contribution in [-0.4, -0.2) is 34.4 Å². The van der Waals surface area contributed by atoms with E-state index < -0.39 is 0 Å². The topological polar surface area (TPSA) is 62.6 Å². The van der Waals surface area contributed by atoms with E-state index in [1.807, 2.05) is 25.1 Å². The summed E-state index contributed by atoms with van der Waals surface area (Å²) < 4.78 is 11.3. The molecule has 3 heterocycles. The lowest BCUT2D eigenvalue weighted by molar-refractivity contribution is 0.136. The Morgan fingerprint density at radius 2 is 1.88 bits per heavy atom. The first kappa shape index (κ1) is 17.1. The molecule has 1 aromatic carbocycles. The highest BCUT2D eigenvalue weighted by Crippen LogP contribution is 2.26. The summed E-state index contributed by atoms with van der Waals surface area (Å²) >= 11 is 0. The van der Waals surface area contributed by atoms with E-state index in [1.54, 1.807) is 0 Å². The van der Waals surface area contributed by atoms with Gasteiger partial charge in [-0.25, -0.2) is 0 Å². The number of benzene rings is 1. The molecule has 0 radical (unpaired) electrons. The highest BCUT2D eigenvalue weighted by Gasteiger charge is 2.32. The summed E-state index contributed by atoms with van der Waals surface area (Å²) in [4.78, 5) is 2.23. The summed E-state index contributed by atoms with van der Waals surface area (Å²) in [6.45, 7) is 6.16. The Kier molecular flexibility index (Phi) is 4.66. The van der Waals surface area contributed by atoms with Gasteiger partial charge >= 0.3 is 0 Å². The summed E-state index contributed by atoms with van der Waals surface area (Å²) in [6, 6.07) is 14.3. The number of nitrogens with zero attached hydrogens (tertiary/aromatic N) is 2. The molecule has 1 N–H and O–H groups in total. The van der Waals surface area contributed by atoms with Gasteiger partial charge in [0.1, 0.15) is 17.3 Å². The number of furan rings is 1. The molecule has 0 saturated carbocycles. The fourth-order valence-corrected chi connectivity index (χ4v) is 3.60. The first-order valence-corrected chi connectivity index (χ1v) is 9.05. The molecule has 5 heteroatoms. The standard InChI is InChI=1S/C21H24N2O3/c1-14-3-5-16(6-4-14)21-8-7-18(25-21)12-23-11-17(20(24)13-23)10-19-9-15(2)22-26-19/h3-9,17,20,24H,10-13H2,1-2H3/t17-,20-/m1/s1. The fourth-order valence-electron chi connectivity index (χ4n) is 3.60. The maximum absolute atomic E-state index is 10.4. The minimum Gasteiger partial charge on any atom is -0.460 e. The second kappa shape index (κ2) is 7.09. The molecule has 0 bridgehead atoms. The zero-order valence-electron chi connectivity index (χ0n) is 15.2. The minimum absolute atomic E-state index is 0.161. The predicted molar refractivity (Wildman–Crippen MR) is 98.6 cm³/mol. The Bertz CT molecular complexity index is 866. The second-order valence-corrected chi connectivity index (χ2v) is 7.29. The van der Waals surface area contributed by atoms with Crippen LogP contribution in [0.4, 0.5) is 0 Å². The van der Waals surface area contributed by atoms with Crippen molar-refractivity contribution in [1.29, 1.82) is 0 Å². The fraction of sp³-hybridized carbons (Fsp3) is 0.381. The highest BCUT2D eigenvalue weighted by molar-refractivity contribution is 5.57. The van der Waals surface area contributed by atoms with Gasteiger partial charge in [0.25, 0.3) is 0 Å². The van der Waals surface area contributed by atoms with Crippen LogP contribution in [0, 0.1) is 19.8 Å². The Morgan fingerprint density at radius 3 is 2.62 bits per heavy atom. The monoisotopic (exact) mass is 352 g/mol. The Morgan fingerprint density at radius 1 is 1.08 bits per heavy atom. The zero-order valence-corrected chi connectivity index (χ0v) is 15.2. The van der Waals surface area contributed by atoms with Gasteiger partial charge in [0, 0.05) is 37.1 Å². The number of aromatic nitrogens is 1. The lowest BCUT2D eigenvalue weighted by atomic mass is 10.0. The van der Waals surface area contributed by atoms with Gasteiger partial charge in [-0.2, -0.15) is 0 Å². The third-order valence-electron chi connectivity index (χ3n) is 5.00. The van der Waals surface area contributed by atoms with Gasteiger partial charge in [0.2, 0.25) is 0 Å². The SMILES string of the molecule is Cc1ccc(-c2ccc(CN3C[C@@H](Cc4cc(C)no4)[C@H](O)C3)o2)cc1. The average molecular weight is 352 g/mol. The summed E-state index contributed by atoms with van der Waals surface area (Å²) in [5.41, 5.74) is 3.20. The molecular weight excluding hydrogens is 328 g/mol. The van der Waals surface area contributed by atoms with E-state index >= 15 is 0 Å². The quantitative estimate of drug-likeness (QED) is 0.760. The molecule has 5 nitrogen and oxygen atoms in total. The molecule has 136 valence electrons. The molecule has 3 aromatic rings. The number of aliphatic hydroxyl groups is 1. The molecule has 0 spiro atoms. The van der Waals surface area contributed by atoms with E-state index in [4.69, 9.17) is 8.94 Å². The van der Waals surface area contributed by atoms with Crippen molar-refractivity contribution >= 4 is 0 Å². The molecule has 1 aliphatic rings. The lowest BCUT2D eigenvalue weighted by Gasteiger charge is -2.13. The van der Waals surface area contributed by atoms with Crippen LogP contribution in [0.2, 0.25) is 0 Å².